The van der Waals surface area contributed by atoms with Crippen molar-refractivity contribution in [1.29, 1.82) is 0 Å². The molecule has 1 N–H and O–H groups in total. The number of allylic oxidation sites excluding steroid dienone is 3. The summed E-state index contributed by atoms with van der Waals surface area (Å²) >= 11 is 1.00. The van der Waals surface area contributed by atoms with E-state index in [1.807, 2.05) is 19.9 Å². The topological polar surface area (TPSA) is 81.7 Å². The van der Waals surface area contributed by atoms with Crippen molar-refractivity contribution in [3.63, 3.8) is 0 Å². The molecular weight excluding hydrogens is 421 g/mol. The van der Waals surface area contributed by atoms with Crippen LogP contribution in [-0.2, 0) is 23.4 Å². The van der Waals surface area contributed by atoms with Crippen LogP contribution in [0.2, 0.25) is 0 Å². The van der Waals surface area contributed by atoms with E-state index in [1.165, 1.54) is 19.6 Å². The average molecular weight is 458 g/mol. The SMILES string of the molecule is C#CC(OC(=O)[C@@H]1C(C=C(C)C)C1(C)C)/C(C)=C/CC.COP(=O)(NC(C)=O)SC. The predicted molar refractivity (Wildman–Crippen MR) is 125 cm³/mol. The first-order chi connectivity index (χ1) is 13.8. The highest BCUT2D eigenvalue weighted by atomic mass is 32.7. The number of nitrogens with one attached hydrogen (secondary N) is 1. The van der Waals surface area contributed by atoms with Crippen LogP contribution in [0.15, 0.2) is 23.3 Å². The molecule has 30 heavy (non-hydrogen) atoms. The fourth-order valence-electron chi connectivity index (χ4n) is 3.03. The molecule has 1 fully saturated rings. The van der Waals surface area contributed by atoms with Crippen LogP contribution in [0.25, 0.3) is 0 Å². The van der Waals surface area contributed by atoms with Gasteiger partial charge in [-0.2, -0.15) is 0 Å². The highest BCUT2D eigenvalue weighted by Gasteiger charge is 2.61. The van der Waals surface area contributed by atoms with Gasteiger partial charge in [0.1, 0.15) is 0 Å². The van der Waals surface area contributed by atoms with Crippen molar-refractivity contribution in [2.75, 3.05) is 13.4 Å². The lowest BCUT2D eigenvalue weighted by molar-refractivity contribution is -0.147. The first-order valence-corrected chi connectivity index (χ1v) is 13.2. The molecular formula is C22H36NO5PS. The van der Waals surface area contributed by atoms with E-state index in [0.717, 1.165) is 23.4 Å². The molecule has 1 aliphatic carbocycles. The molecule has 0 aromatic heterocycles. The van der Waals surface area contributed by atoms with Gasteiger partial charge in [-0.15, -0.1) is 6.42 Å². The summed E-state index contributed by atoms with van der Waals surface area (Å²) < 4.78 is 21.3. The van der Waals surface area contributed by atoms with Crippen LogP contribution in [0, 0.1) is 29.6 Å². The number of amides is 1. The van der Waals surface area contributed by atoms with Crippen molar-refractivity contribution in [3.05, 3.63) is 23.3 Å². The quantitative estimate of drug-likeness (QED) is 0.229. The van der Waals surface area contributed by atoms with E-state index in [9.17, 15) is 14.2 Å². The zero-order valence-corrected chi connectivity index (χ0v) is 21.3. The van der Waals surface area contributed by atoms with Crippen molar-refractivity contribution in [2.45, 2.75) is 61.0 Å². The van der Waals surface area contributed by atoms with E-state index in [1.54, 1.807) is 6.26 Å². The standard InChI is InChI=1S/C18H26O2.C4H10NO3PS/c1-8-10-13(5)15(9-2)20-17(19)16-14(11-12(3)4)18(16,6)7;1-4(6)5-9(7,8-2)10-3/h2,10-11,14-16H,8H2,1,3-7H3;1-3H3,(H,5,6,7)/b13-10+;/t14?,15?,16-;/m0./s1. The van der Waals surface area contributed by atoms with Crippen molar-refractivity contribution < 1.29 is 23.4 Å². The molecule has 4 atom stereocenters. The molecule has 0 aliphatic heterocycles. The van der Waals surface area contributed by atoms with E-state index in [0.29, 0.717) is 0 Å². The Morgan fingerprint density at radius 2 is 1.87 bits per heavy atom. The van der Waals surface area contributed by atoms with Gasteiger partial charge >= 0.3 is 12.7 Å². The third kappa shape index (κ3) is 8.71. The number of esters is 1. The highest BCUT2D eigenvalue weighted by Crippen LogP contribution is 2.60. The fourth-order valence-corrected chi connectivity index (χ4v) is 4.86. The molecule has 1 aliphatic rings. The molecule has 6 nitrogen and oxygen atoms in total. The Labute approximate surface area is 185 Å². The Morgan fingerprint density at radius 1 is 1.30 bits per heavy atom. The molecule has 170 valence electrons. The number of rotatable bonds is 8. The number of hydrogen-bond acceptors (Lipinski definition) is 6. The van der Waals surface area contributed by atoms with Crippen LogP contribution in [0.5, 0.6) is 0 Å². The van der Waals surface area contributed by atoms with Gasteiger partial charge in [0, 0.05) is 14.0 Å². The Bertz CT molecular complexity index is 754. The summed E-state index contributed by atoms with van der Waals surface area (Å²) in [6.45, 7) is 10.6. The van der Waals surface area contributed by atoms with Crippen LogP contribution < -0.4 is 5.09 Å². The van der Waals surface area contributed by atoms with Crippen LogP contribution in [0.3, 0.4) is 0 Å². The molecule has 0 aromatic rings. The largest absolute Gasteiger partial charge is 0.444 e. The van der Waals surface area contributed by atoms with Gasteiger partial charge in [0.25, 0.3) is 0 Å². The van der Waals surface area contributed by atoms with Crippen LogP contribution >= 0.6 is 18.1 Å². The number of hydrogen-bond donors (Lipinski definition) is 1. The Kier molecular flexibility index (Phi) is 11.8. The molecule has 0 bridgehead atoms. The van der Waals surface area contributed by atoms with Crippen LogP contribution in [0.1, 0.15) is 54.9 Å². The summed E-state index contributed by atoms with van der Waals surface area (Å²) in [6, 6.07) is 0. The molecule has 8 heteroatoms. The number of ether oxygens (including phenoxy) is 1. The van der Waals surface area contributed by atoms with E-state index in [-0.39, 0.29) is 29.1 Å². The number of carbonyl (C=O) groups is 2. The second-order valence-electron chi connectivity index (χ2n) is 7.94. The maximum Gasteiger partial charge on any atom is 0.352 e. The minimum atomic E-state index is -2.92. The van der Waals surface area contributed by atoms with Crippen molar-refractivity contribution in [2.24, 2.45) is 17.3 Å². The van der Waals surface area contributed by atoms with Gasteiger partial charge in [0.05, 0.1) is 5.92 Å². The smallest absolute Gasteiger partial charge is 0.352 e. The van der Waals surface area contributed by atoms with Crippen LogP contribution in [-0.4, -0.2) is 31.3 Å². The van der Waals surface area contributed by atoms with Gasteiger partial charge in [-0.25, -0.2) is 0 Å². The van der Waals surface area contributed by atoms with E-state index in [2.05, 4.69) is 49.3 Å². The maximum atomic E-state index is 12.3. The summed E-state index contributed by atoms with van der Waals surface area (Å²) in [4.78, 5) is 22.7. The van der Waals surface area contributed by atoms with E-state index in [4.69, 9.17) is 11.2 Å². The minimum absolute atomic E-state index is 0.0319. The van der Waals surface area contributed by atoms with Gasteiger partial charge in [0.15, 0.2) is 6.10 Å². The Balaban J connectivity index is 0.000000710. The summed E-state index contributed by atoms with van der Waals surface area (Å²) in [5.41, 5.74) is 2.13. The summed E-state index contributed by atoms with van der Waals surface area (Å²) in [5.74, 6) is 2.21. The molecule has 0 radical (unpaired) electrons. The molecule has 0 heterocycles. The Morgan fingerprint density at radius 3 is 2.20 bits per heavy atom. The summed E-state index contributed by atoms with van der Waals surface area (Å²) in [5, 5.41) is 2.21. The maximum absolute atomic E-state index is 12.3. The summed E-state index contributed by atoms with van der Waals surface area (Å²) in [6.07, 6.45) is 11.6. The second kappa shape index (κ2) is 12.4. The minimum Gasteiger partial charge on any atom is -0.444 e. The molecule has 0 saturated heterocycles. The lowest BCUT2D eigenvalue weighted by Gasteiger charge is -2.13. The van der Waals surface area contributed by atoms with Gasteiger partial charge in [-0.3, -0.25) is 19.2 Å². The third-order valence-corrected chi connectivity index (χ3v) is 8.49. The molecule has 1 rings (SSSR count). The average Bonchev–Trinajstić information content (AvgIpc) is 3.18. The zero-order valence-electron chi connectivity index (χ0n) is 19.6. The molecule has 0 spiro atoms. The van der Waals surface area contributed by atoms with Crippen LogP contribution in [0.4, 0.5) is 0 Å². The zero-order chi connectivity index (χ0) is 23.7. The number of terminal acetylenes is 1. The molecule has 1 saturated carbocycles. The highest BCUT2D eigenvalue weighted by molar-refractivity contribution is 8.55. The number of carbonyl (C=O) groups excluding carboxylic acids is 2. The van der Waals surface area contributed by atoms with Gasteiger partial charge < -0.3 is 9.26 Å². The van der Waals surface area contributed by atoms with Crippen molar-refractivity contribution >= 4 is 30.0 Å². The lowest BCUT2D eigenvalue weighted by Crippen LogP contribution is -2.20. The monoisotopic (exact) mass is 457 g/mol. The third-order valence-electron chi connectivity index (χ3n) is 4.78. The summed E-state index contributed by atoms with van der Waals surface area (Å²) in [7, 11) is 1.30. The Hall–Kier alpha value is -1.48. The van der Waals surface area contributed by atoms with Crippen molar-refractivity contribution in [1.82, 2.24) is 5.09 Å². The van der Waals surface area contributed by atoms with Gasteiger partial charge in [-0.05, 0) is 50.4 Å². The van der Waals surface area contributed by atoms with E-state index < -0.39 is 12.8 Å². The van der Waals surface area contributed by atoms with Crippen molar-refractivity contribution in [3.8, 4) is 12.3 Å². The predicted octanol–water partition coefficient (Wildman–Crippen LogP) is 5.37. The van der Waals surface area contributed by atoms with Gasteiger partial charge in [-0.1, -0.05) is 55.8 Å². The molecule has 3 unspecified atom stereocenters. The first-order valence-electron chi connectivity index (χ1n) is 9.78. The first kappa shape index (κ1) is 28.5. The fraction of sp³-hybridized carbons (Fsp3) is 0.636. The molecule has 0 aromatic carbocycles. The van der Waals surface area contributed by atoms with Gasteiger partial charge in [0.2, 0.25) is 5.91 Å². The van der Waals surface area contributed by atoms with E-state index >= 15 is 0 Å². The lowest BCUT2D eigenvalue weighted by atomic mass is 10.1. The molecule has 1 amide bonds. The second-order valence-corrected chi connectivity index (χ2v) is 12.4. The normalized spacial score (nSPS) is 22.2.